The van der Waals surface area contributed by atoms with E-state index in [0.29, 0.717) is 6.04 Å². The zero-order valence-corrected chi connectivity index (χ0v) is 12.9. The maximum absolute atomic E-state index is 5.37. The molecule has 2 aliphatic rings. The molecule has 0 aliphatic heterocycles. The van der Waals surface area contributed by atoms with Crippen LogP contribution >= 0.6 is 0 Å². The van der Waals surface area contributed by atoms with E-state index >= 15 is 0 Å². The van der Waals surface area contributed by atoms with Crippen LogP contribution in [-0.2, 0) is 6.54 Å². The van der Waals surface area contributed by atoms with Crippen LogP contribution in [0.2, 0.25) is 0 Å². The molecule has 2 saturated carbocycles. The summed E-state index contributed by atoms with van der Waals surface area (Å²) in [6, 6.07) is 8.02. The van der Waals surface area contributed by atoms with Crippen LogP contribution < -0.4 is 10.1 Å². The van der Waals surface area contributed by atoms with Gasteiger partial charge in [0.1, 0.15) is 5.75 Å². The Labute approximate surface area is 122 Å². The minimum Gasteiger partial charge on any atom is -0.497 e. The molecule has 1 aromatic rings. The van der Waals surface area contributed by atoms with Crippen LogP contribution in [0.5, 0.6) is 5.75 Å². The molecule has 0 spiro atoms. The molecule has 0 atom stereocenters. The van der Waals surface area contributed by atoms with Gasteiger partial charge in [-0.1, -0.05) is 6.07 Å². The molecule has 3 nitrogen and oxygen atoms in total. The van der Waals surface area contributed by atoms with Gasteiger partial charge >= 0.3 is 0 Å². The Morgan fingerprint density at radius 2 is 2.00 bits per heavy atom. The average Bonchev–Trinajstić information content (AvgIpc) is 3.20. The molecule has 3 rings (SSSR count). The normalized spacial score (nSPS) is 25.6. The Morgan fingerprint density at radius 3 is 2.60 bits per heavy atom. The molecule has 0 unspecified atom stereocenters. The number of benzene rings is 1. The van der Waals surface area contributed by atoms with E-state index in [-0.39, 0.29) is 0 Å². The largest absolute Gasteiger partial charge is 0.497 e. The van der Waals surface area contributed by atoms with Crippen molar-refractivity contribution in [3.63, 3.8) is 0 Å². The van der Waals surface area contributed by atoms with Gasteiger partial charge in [-0.2, -0.15) is 0 Å². The van der Waals surface area contributed by atoms with Gasteiger partial charge in [0, 0.05) is 18.6 Å². The summed E-state index contributed by atoms with van der Waals surface area (Å²) in [7, 11) is 6.10. The molecule has 0 radical (unpaired) electrons. The highest BCUT2D eigenvalue weighted by Crippen LogP contribution is 2.42. The summed E-state index contributed by atoms with van der Waals surface area (Å²) in [6.07, 6.45) is 5.25. The van der Waals surface area contributed by atoms with Crippen LogP contribution in [0.15, 0.2) is 18.2 Å². The van der Waals surface area contributed by atoms with E-state index in [2.05, 4.69) is 42.5 Å². The Morgan fingerprint density at radius 1 is 1.25 bits per heavy atom. The molecule has 0 heterocycles. The number of ether oxygens (including phenoxy) is 1. The van der Waals surface area contributed by atoms with Gasteiger partial charge in [0.25, 0.3) is 0 Å². The molecule has 1 N–H and O–H groups in total. The Kier molecular flexibility index (Phi) is 3.99. The summed E-state index contributed by atoms with van der Waals surface area (Å²) in [5.41, 5.74) is 2.96. The average molecular weight is 274 g/mol. The topological polar surface area (TPSA) is 24.5 Å². The second-order valence-corrected chi connectivity index (χ2v) is 6.51. The van der Waals surface area contributed by atoms with Gasteiger partial charge in [0.15, 0.2) is 0 Å². The fourth-order valence-corrected chi connectivity index (χ4v) is 3.09. The number of hydrogen-bond acceptors (Lipinski definition) is 3. The first-order chi connectivity index (χ1) is 9.67. The second-order valence-electron chi connectivity index (χ2n) is 6.51. The lowest BCUT2D eigenvalue weighted by molar-refractivity contribution is 0.145. The van der Waals surface area contributed by atoms with Crippen LogP contribution in [0.4, 0.5) is 0 Å². The molecule has 110 valence electrons. The SMILES string of the molecule is COc1ccc(C2CC2)c(CNC2CC(N(C)C)C2)c1. The van der Waals surface area contributed by atoms with Gasteiger partial charge in [0.2, 0.25) is 0 Å². The lowest BCUT2D eigenvalue weighted by atomic mass is 9.85. The third-order valence-electron chi connectivity index (χ3n) is 4.79. The van der Waals surface area contributed by atoms with Gasteiger partial charge in [-0.25, -0.2) is 0 Å². The molecular weight excluding hydrogens is 248 g/mol. The molecule has 1 aromatic carbocycles. The number of methoxy groups -OCH3 is 1. The molecular formula is C17H26N2O. The quantitative estimate of drug-likeness (QED) is 0.863. The standard InChI is InChI=1S/C17H26N2O/c1-19(2)15-9-14(10-15)18-11-13-8-16(20-3)6-7-17(13)12-4-5-12/h6-8,12,14-15,18H,4-5,9-11H2,1-3H3. The van der Waals surface area contributed by atoms with Crippen molar-refractivity contribution in [2.24, 2.45) is 0 Å². The van der Waals surface area contributed by atoms with Gasteiger partial charge in [-0.05, 0) is 69.0 Å². The minimum atomic E-state index is 0.681. The van der Waals surface area contributed by atoms with Crippen molar-refractivity contribution in [2.45, 2.75) is 50.2 Å². The van der Waals surface area contributed by atoms with E-state index < -0.39 is 0 Å². The summed E-state index contributed by atoms with van der Waals surface area (Å²) in [5.74, 6) is 1.78. The zero-order valence-electron chi connectivity index (χ0n) is 12.9. The summed E-state index contributed by atoms with van der Waals surface area (Å²) in [5, 5.41) is 3.71. The molecule has 20 heavy (non-hydrogen) atoms. The van der Waals surface area contributed by atoms with E-state index in [9.17, 15) is 0 Å². The highest BCUT2D eigenvalue weighted by atomic mass is 16.5. The first kappa shape index (κ1) is 13.9. The fraction of sp³-hybridized carbons (Fsp3) is 0.647. The predicted molar refractivity (Wildman–Crippen MR) is 82.3 cm³/mol. The fourth-order valence-electron chi connectivity index (χ4n) is 3.09. The van der Waals surface area contributed by atoms with E-state index in [1.165, 1.54) is 36.8 Å². The number of nitrogens with one attached hydrogen (secondary N) is 1. The van der Waals surface area contributed by atoms with Gasteiger partial charge < -0.3 is 15.0 Å². The molecule has 0 saturated heterocycles. The molecule has 0 aromatic heterocycles. The maximum Gasteiger partial charge on any atom is 0.119 e. The van der Waals surface area contributed by atoms with E-state index in [0.717, 1.165) is 24.3 Å². The highest BCUT2D eigenvalue weighted by Gasteiger charge is 2.31. The third kappa shape index (κ3) is 2.99. The van der Waals surface area contributed by atoms with Crippen molar-refractivity contribution < 1.29 is 4.74 Å². The Balaban J connectivity index is 1.59. The van der Waals surface area contributed by atoms with E-state index in [4.69, 9.17) is 4.74 Å². The van der Waals surface area contributed by atoms with Crippen LogP contribution in [0.25, 0.3) is 0 Å². The highest BCUT2D eigenvalue weighted by molar-refractivity contribution is 5.39. The predicted octanol–water partition coefficient (Wildman–Crippen LogP) is 2.75. The smallest absolute Gasteiger partial charge is 0.119 e. The lowest BCUT2D eigenvalue weighted by Gasteiger charge is -2.40. The van der Waals surface area contributed by atoms with Crippen molar-refractivity contribution in [1.82, 2.24) is 10.2 Å². The lowest BCUT2D eigenvalue weighted by Crippen LogP contribution is -2.50. The molecule has 0 bridgehead atoms. The van der Waals surface area contributed by atoms with Gasteiger partial charge in [0.05, 0.1) is 7.11 Å². The minimum absolute atomic E-state index is 0.681. The van der Waals surface area contributed by atoms with Crippen LogP contribution in [-0.4, -0.2) is 38.2 Å². The van der Waals surface area contributed by atoms with Crippen molar-refractivity contribution in [2.75, 3.05) is 21.2 Å². The summed E-state index contributed by atoms with van der Waals surface area (Å²) < 4.78 is 5.37. The Bertz CT molecular complexity index is 462. The number of nitrogens with zero attached hydrogens (tertiary/aromatic N) is 1. The van der Waals surface area contributed by atoms with Crippen LogP contribution in [0, 0.1) is 0 Å². The van der Waals surface area contributed by atoms with Gasteiger partial charge in [-0.15, -0.1) is 0 Å². The first-order valence-corrected chi connectivity index (χ1v) is 7.74. The molecule has 2 aliphatic carbocycles. The van der Waals surface area contributed by atoms with Crippen LogP contribution in [0.3, 0.4) is 0 Å². The van der Waals surface area contributed by atoms with E-state index in [1.54, 1.807) is 7.11 Å². The zero-order chi connectivity index (χ0) is 14.1. The monoisotopic (exact) mass is 274 g/mol. The number of hydrogen-bond donors (Lipinski definition) is 1. The molecule has 2 fully saturated rings. The summed E-state index contributed by atoms with van der Waals surface area (Å²) >= 11 is 0. The third-order valence-corrected chi connectivity index (χ3v) is 4.79. The van der Waals surface area contributed by atoms with Crippen molar-refractivity contribution in [3.8, 4) is 5.75 Å². The summed E-state index contributed by atoms with van der Waals surface area (Å²) in [4.78, 5) is 2.33. The molecule has 3 heteroatoms. The van der Waals surface area contributed by atoms with Crippen molar-refractivity contribution in [1.29, 1.82) is 0 Å². The van der Waals surface area contributed by atoms with E-state index in [1.807, 2.05) is 0 Å². The van der Waals surface area contributed by atoms with Crippen molar-refractivity contribution in [3.05, 3.63) is 29.3 Å². The summed E-state index contributed by atoms with van der Waals surface area (Å²) in [6.45, 7) is 0.980. The first-order valence-electron chi connectivity index (χ1n) is 7.74. The maximum atomic E-state index is 5.37. The second kappa shape index (κ2) is 5.74. The van der Waals surface area contributed by atoms with Crippen molar-refractivity contribution >= 4 is 0 Å². The molecule has 0 amide bonds. The van der Waals surface area contributed by atoms with Crippen LogP contribution in [0.1, 0.15) is 42.7 Å². The van der Waals surface area contributed by atoms with Gasteiger partial charge in [-0.3, -0.25) is 0 Å². The Hall–Kier alpha value is -1.06. The number of rotatable bonds is 6.